The SMILES string of the molecule is Cc1ccc(O)c(N=Nc2c(O)cc(S(=O)(=O)O)c3ccccc23)c1. The Hall–Kier alpha value is -2.97. The molecule has 0 amide bonds. The normalized spacial score (nSPS) is 12.1. The number of nitrogens with zero attached hydrogens (tertiary/aromatic N) is 2. The van der Waals surface area contributed by atoms with Gasteiger partial charge in [-0.25, -0.2) is 0 Å². The molecule has 3 aromatic carbocycles. The van der Waals surface area contributed by atoms with Gasteiger partial charge in [-0.2, -0.15) is 8.42 Å². The Bertz CT molecular complexity index is 1110. The van der Waals surface area contributed by atoms with Crippen LogP contribution in [-0.4, -0.2) is 23.2 Å². The van der Waals surface area contributed by atoms with Gasteiger partial charge in [0.15, 0.2) is 0 Å². The molecule has 0 radical (unpaired) electrons. The highest BCUT2D eigenvalue weighted by molar-refractivity contribution is 7.86. The number of phenols is 2. The van der Waals surface area contributed by atoms with Crippen LogP contribution in [0.2, 0.25) is 0 Å². The fourth-order valence-electron chi connectivity index (χ4n) is 2.45. The molecule has 25 heavy (non-hydrogen) atoms. The van der Waals surface area contributed by atoms with Crippen molar-refractivity contribution in [1.29, 1.82) is 0 Å². The molecule has 7 nitrogen and oxygen atoms in total. The van der Waals surface area contributed by atoms with Crippen molar-refractivity contribution in [3.8, 4) is 11.5 Å². The van der Waals surface area contributed by atoms with Crippen molar-refractivity contribution < 1.29 is 23.2 Å². The highest BCUT2D eigenvalue weighted by Gasteiger charge is 2.19. The van der Waals surface area contributed by atoms with Gasteiger partial charge in [0.2, 0.25) is 0 Å². The van der Waals surface area contributed by atoms with E-state index < -0.39 is 20.8 Å². The summed E-state index contributed by atoms with van der Waals surface area (Å²) in [5.74, 6) is -0.532. The predicted octanol–water partition coefficient (Wildman–Crippen LogP) is 4.22. The van der Waals surface area contributed by atoms with Crippen LogP contribution >= 0.6 is 0 Å². The molecule has 3 N–H and O–H groups in total. The van der Waals surface area contributed by atoms with Gasteiger partial charge in [0.05, 0.1) is 0 Å². The van der Waals surface area contributed by atoms with Crippen LogP contribution < -0.4 is 0 Å². The summed E-state index contributed by atoms with van der Waals surface area (Å²) in [5, 5.41) is 28.4. The van der Waals surface area contributed by atoms with E-state index in [4.69, 9.17) is 0 Å². The highest BCUT2D eigenvalue weighted by Crippen LogP contribution is 2.40. The molecule has 0 aliphatic carbocycles. The van der Waals surface area contributed by atoms with E-state index in [9.17, 15) is 23.2 Å². The molecule has 0 aliphatic rings. The highest BCUT2D eigenvalue weighted by atomic mass is 32.2. The minimum atomic E-state index is -4.52. The monoisotopic (exact) mass is 358 g/mol. The Morgan fingerprint density at radius 3 is 2.24 bits per heavy atom. The first-order chi connectivity index (χ1) is 11.8. The molecule has 0 spiro atoms. The van der Waals surface area contributed by atoms with Gasteiger partial charge in [-0.05, 0) is 24.6 Å². The minimum Gasteiger partial charge on any atom is -0.506 e. The number of benzene rings is 3. The lowest BCUT2D eigenvalue weighted by Gasteiger charge is -2.08. The van der Waals surface area contributed by atoms with Gasteiger partial charge in [0, 0.05) is 16.8 Å². The molecule has 128 valence electrons. The van der Waals surface area contributed by atoms with Gasteiger partial charge in [0.1, 0.15) is 27.8 Å². The maximum atomic E-state index is 11.5. The number of aryl methyl sites for hydroxylation is 1. The summed E-state index contributed by atoms with van der Waals surface area (Å²) in [5.41, 5.74) is 1.11. The zero-order valence-electron chi connectivity index (χ0n) is 13.1. The zero-order valence-corrected chi connectivity index (χ0v) is 13.9. The average molecular weight is 358 g/mol. The standard InChI is InChI=1S/C17H14N2O5S/c1-10-6-7-14(20)13(8-10)18-19-17-12-5-3-2-4-11(12)16(9-15(17)21)25(22,23)24/h2-9,20-21H,1H3,(H,22,23,24). The maximum absolute atomic E-state index is 11.5. The van der Waals surface area contributed by atoms with Crippen LogP contribution in [0.15, 0.2) is 63.7 Å². The van der Waals surface area contributed by atoms with Crippen LogP contribution in [0.5, 0.6) is 11.5 Å². The smallest absolute Gasteiger partial charge is 0.295 e. The molecule has 0 atom stereocenters. The second-order valence-corrected chi connectivity index (χ2v) is 6.85. The summed E-state index contributed by atoms with van der Waals surface area (Å²) >= 11 is 0. The van der Waals surface area contributed by atoms with Crippen LogP contribution in [0.4, 0.5) is 11.4 Å². The van der Waals surface area contributed by atoms with Crippen molar-refractivity contribution in [2.45, 2.75) is 11.8 Å². The lowest BCUT2D eigenvalue weighted by molar-refractivity contribution is 0.468. The van der Waals surface area contributed by atoms with E-state index in [0.29, 0.717) is 5.39 Å². The number of rotatable bonds is 3. The predicted molar refractivity (Wildman–Crippen MR) is 92.4 cm³/mol. The van der Waals surface area contributed by atoms with Crippen LogP contribution in [0.1, 0.15) is 5.56 Å². The number of aromatic hydroxyl groups is 2. The molecule has 0 saturated heterocycles. The van der Waals surface area contributed by atoms with Gasteiger partial charge in [-0.3, -0.25) is 4.55 Å². The first kappa shape index (κ1) is 16.9. The van der Waals surface area contributed by atoms with Crippen LogP contribution in [-0.2, 0) is 10.1 Å². The van der Waals surface area contributed by atoms with E-state index in [-0.39, 0.29) is 22.5 Å². The Balaban J connectivity index is 2.22. The summed E-state index contributed by atoms with van der Waals surface area (Å²) in [6.07, 6.45) is 0. The third-order valence-corrected chi connectivity index (χ3v) is 4.52. The van der Waals surface area contributed by atoms with E-state index in [1.165, 1.54) is 12.1 Å². The van der Waals surface area contributed by atoms with E-state index in [1.54, 1.807) is 30.3 Å². The Morgan fingerprint density at radius 2 is 1.56 bits per heavy atom. The second-order valence-electron chi connectivity index (χ2n) is 5.46. The van der Waals surface area contributed by atoms with E-state index in [0.717, 1.165) is 11.6 Å². The first-order valence-corrected chi connectivity index (χ1v) is 8.65. The fourth-order valence-corrected chi connectivity index (χ4v) is 3.17. The molecule has 3 rings (SSSR count). The Labute approximate surface area is 143 Å². The summed E-state index contributed by atoms with van der Waals surface area (Å²) in [6, 6.07) is 12.0. The molecule has 0 bridgehead atoms. The molecular formula is C17H14N2O5S. The quantitative estimate of drug-likeness (QED) is 0.478. The first-order valence-electron chi connectivity index (χ1n) is 7.21. The fraction of sp³-hybridized carbons (Fsp3) is 0.0588. The van der Waals surface area contributed by atoms with Gasteiger partial charge >= 0.3 is 0 Å². The van der Waals surface area contributed by atoms with Crippen molar-refractivity contribution >= 4 is 32.3 Å². The molecule has 0 unspecified atom stereocenters. The van der Waals surface area contributed by atoms with Gasteiger partial charge < -0.3 is 10.2 Å². The van der Waals surface area contributed by atoms with Crippen LogP contribution in [0, 0.1) is 6.92 Å². The molecular weight excluding hydrogens is 344 g/mol. The lowest BCUT2D eigenvalue weighted by Crippen LogP contribution is -1.99. The molecule has 0 heterocycles. The number of phenolic OH excluding ortho intramolecular Hbond substituents is 2. The molecule has 8 heteroatoms. The molecule has 0 fully saturated rings. The second kappa shape index (κ2) is 6.15. The van der Waals surface area contributed by atoms with E-state index >= 15 is 0 Å². The summed E-state index contributed by atoms with van der Waals surface area (Å²) < 4.78 is 32.4. The summed E-state index contributed by atoms with van der Waals surface area (Å²) in [7, 11) is -4.52. The average Bonchev–Trinajstić information content (AvgIpc) is 2.55. The van der Waals surface area contributed by atoms with Gasteiger partial charge in [-0.1, -0.05) is 30.3 Å². The minimum absolute atomic E-state index is 0.0314. The molecule has 0 saturated carbocycles. The molecule has 0 aromatic heterocycles. The van der Waals surface area contributed by atoms with E-state index in [2.05, 4.69) is 10.2 Å². The molecule has 0 aliphatic heterocycles. The number of hydrogen-bond acceptors (Lipinski definition) is 6. The van der Waals surface area contributed by atoms with Crippen molar-refractivity contribution in [2.75, 3.05) is 0 Å². The number of fused-ring (bicyclic) bond motifs is 1. The third kappa shape index (κ3) is 3.30. The largest absolute Gasteiger partial charge is 0.506 e. The van der Waals surface area contributed by atoms with Crippen LogP contribution in [0.3, 0.4) is 0 Å². The summed E-state index contributed by atoms with van der Waals surface area (Å²) in [4.78, 5) is -0.419. The van der Waals surface area contributed by atoms with Crippen molar-refractivity contribution in [3.63, 3.8) is 0 Å². The number of hydrogen-bond donors (Lipinski definition) is 3. The number of azo groups is 1. The third-order valence-electron chi connectivity index (χ3n) is 3.62. The summed E-state index contributed by atoms with van der Waals surface area (Å²) in [6.45, 7) is 1.83. The molecule has 3 aromatic rings. The van der Waals surface area contributed by atoms with Crippen molar-refractivity contribution in [1.82, 2.24) is 0 Å². The van der Waals surface area contributed by atoms with Gasteiger partial charge in [-0.15, -0.1) is 10.2 Å². The lowest BCUT2D eigenvalue weighted by atomic mass is 10.1. The topological polar surface area (TPSA) is 120 Å². The van der Waals surface area contributed by atoms with Crippen molar-refractivity contribution in [2.24, 2.45) is 10.2 Å². The van der Waals surface area contributed by atoms with E-state index in [1.807, 2.05) is 6.92 Å². The Morgan fingerprint density at radius 1 is 0.880 bits per heavy atom. The van der Waals surface area contributed by atoms with Crippen LogP contribution in [0.25, 0.3) is 10.8 Å². The van der Waals surface area contributed by atoms with Gasteiger partial charge in [0.25, 0.3) is 10.1 Å². The zero-order chi connectivity index (χ0) is 18.2. The van der Waals surface area contributed by atoms with Crippen molar-refractivity contribution in [3.05, 3.63) is 54.1 Å². The Kier molecular flexibility index (Phi) is 4.15. The maximum Gasteiger partial charge on any atom is 0.295 e.